The van der Waals surface area contributed by atoms with Crippen molar-refractivity contribution in [3.05, 3.63) is 38.6 Å². The normalized spacial score (nSPS) is 14.2. The molecule has 0 N–H and O–H groups in total. The maximum atomic E-state index is 10.8. The van der Waals surface area contributed by atoms with E-state index in [9.17, 15) is 10.1 Å². The zero-order valence-corrected chi connectivity index (χ0v) is 11.4. The van der Waals surface area contributed by atoms with Gasteiger partial charge in [-0.1, -0.05) is 0 Å². The van der Waals surface area contributed by atoms with Crippen LogP contribution in [0.1, 0.15) is 30.0 Å². The smallest absolute Gasteiger partial charge is 0.243 e. The molecule has 0 bridgehead atoms. The van der Waals surface area contributed by atoms with Crippen LogP contribution in [0.5, 0.6) is 11.5 Å². The molecule has 19 heavy (non-hydrogen) atoms. The molecule has 1 aromatic carbocycles. The van der Waals surface area contributed by atoms with Crippen molar-refractivity contribution in [1.29, 1.82) is 0 Å². The second-order valence-corrected chi connectivity index (χ2v) is 4.55. The summed E-state index contributed by atoms with van der Waals surface area (Å²) in [4.78, 5) is 10.4. The van der Waals surface area contributed by atoms with Gasteiger partial charge in [-0.05, 0) is 36.5 Å². The summed E-state index contributed by atoms with van der Waals surface area (Å²) in [6.45, 7) is 1.50. The number of hydrogen-bond acceptors (Lipinski definition) is 4. The van der Waals surface area contributed by atoms with E-state index in [4.69, 9.17) is 9.47 Å². The molecule has 0 amide bonds. The van der Waals surface area contributed by atoms with Crippen molar-refractivity contribution in [3.8, 4) is 11.5 Å². The van der Waals surface area contributed by atoms with E-state index < -0.39 is 0 Å². The summed E-state index contributed by atoms with van der Waals surface area (Å²) in [6, 6.07) is 1.82. The molecule has 102 valence electrons. The molecule has 1 aromatic rings. The first-order valence-electron chi connectivity index (χ1n) is 6.18. The summed E-state index contributed by atoms with van der Waals surface area (Å²) in [7, 11) is 3.20. The fourth-order valence-corrected chi connectivity index (χ4v) is 2.54. The van der Waals surface area contributed by atoms with Gasteiger partial charge in [-0.15, -0.1) is 0 Å². The van der Waals surface area contributed by atoms with E-state index >= 15 is 0 Å². The number of nitrogens with zero attached hydrogens (tertiary/aromatic N) is 1. The zero-order valence-electron chi connectivity index (χ0n) is 11.4. The van der Waals surface area contributed by atoms with Gasteiger partial charge in [0, 0.05) is 18.6 Å². The molecule has 2 rings (SSSR count). The third kappa shape index (κ3) is 2.41. The summed E-state index contributed by atoms with van der Waals surface area (Å²) >= 11 is 0. The maximum Gasteiger partial charge on any atom is 0.243 e. The number of nitro groups is 1. The maximum absolute atomic E-state index is 10.8. The van der Waals surface area contributed by atoms with Crippen LogP contribution in [0.4, 0.5) is 0 Å². The Balaban J connectivity index is 2.60. The summed E-state index contributed by atoms with van der Waals surface area (Å²) in [5.74, 6) is 1.39. The highest BCUT2D eigenvalue weighted by molar-refractivity contribution is 5.66. The Morgan fingerprint density at radius 3 is 2.58 bits per heavy atom. The second kappa shape index (κ2) is 5.30. The van der Waals surface area contributed by atoms with Gasteiger partial charge in [0.2, 0.25) is 5.70 Å². The molecule has 0 spiro atoms. The zero-order chi connectivity index (χ0) is 14.0. The molecule has 0 atom stereocenters. The lowest BCUT2D eigenvalue weighted by atomic mass is 10.0. The lowest BCUT2D eigenvalue weighted by Gasteiger charge is -2.14. The van der Waals surface area contributed by atoms with E-state index in [1.54, 1.807) is 20.3 Å². The second-order valence-electron chi connectivity index (χ2n) is 4.55. The number of fused-ring (bicyclic) bond motifs is 1. The molecule has 0 saturated heterocycles. The van der Waals surface area contributed by atoms with E-state index in [1.165, 1.54) is 6.92 Å². The number of ether oxygens (including phenoxy) is 2. The molecule has 0 radical (unpaired) electrons. The molecule has 5 heteroatoms. The van der Waals surface area contributed by atoms with Gasteiger partial charge in [0.15, 0.2) is 11.5 Å². The average Bonchev–Trinajstić information content (AvgIpc) is 2.87. The van der Waals surface area contributed by atoms with Crippen molar-refractivity contribution in [1.82, 2.24) is 0 Å². The van der Waals surface area contributed by atoms with Crippen LogP contribution in [0.25, 0.3) is 6.08 Å². The largest absolute Gasteiger partial charge is 0.493 e. The number of allylic oxidation sites excluding steroid dienone is 1. The fraction of sp³-hybridized carbons (Fsp3) is 0.429. The first kappa shape index (κ1) is 13.4. The fourth-order valence-electron chi connectivity index (χ4n) is 2.54. The van der Waals surface area contributed by atoms with Crippen molar-refractivity contribution < 1.29 is 14.4 Å². The first-order valence-corrected chi connectivity index (χ1v) is 6.18. The van der Waals surface area contributed by atoms with E-state index in [-0.39, 0.29) is 10.6 Å². The van der Waals surface area contributed by atoms with Crippen molar-refractivity contribution in [2.45, 2.75) is 26.2 Å². The minimum absolute atomic E-state index is 0.126. The molecule has 0 fully saturated rings. The van der Waals surface area contributed by atoms with Gasteiger partial charge in [-0.25, -0.2) is 0 Å². The van der Waals surface area contributed by atoms with Gasteiger partial charge < -0.3 is 9.47 Å². The number of benzene rings is 1. The lowest BCUT2D eigenvalue weighted by molar-refractivity contribution is -0.422. The van der Waals surface area contributed by atoms with Gasteiger partial charge in [-0.2, -0.15) is 0 Å². The van der Waals surface area contributed by atoms with Crippen LogP contribution in [-0.2, 0) is 12.8 Å². The topological polar surface area (TPSA) is 61.6 Å². The number of hydrogen-bond donors (Lipinski definition) is 0. The van der Waals surface area contributed by atoms with Crippen LogP contribution in [0.15, 0.2) is 11.8 Å². The van der Waals surface area contributed by atoms with Gasteiger partial charge in [0.1, 0.15) is 0 Å². The van der Waals surface area contributed by atoms with Gasteiger partial charge in [0.25, 0.3) is 0 Å². The minimum atomic E-state index is -0.377. The van der Waals surface area contributed by atoms with Crippen LogP contribution in [0.3, 0.4) is 0 Å². The quantitative estimate of drug-likeness (QED) is 0.619. The van der Waals surface area contributed by atoms with Gasteiger partial charge >= 0.3 is 0 Å². The van der Waals surface area contributed by atoms with E-state index in [2.05, 4.69) is 0 Å². The van der Waals surface area contributed by atoms with E-state index in [1.807, 2.05) is 6.07 Å². The van der Waals surface area contributed by atoms with Gasteiger partial charge in [-0.3, -0.25) is 10.1 Å². The monoisotopic (exact) mass is 263 g/mol. The Hall–Kier alpha value is -2.04. The lowest BCUT2D eigenvalue weighted by Crippen LogP contribution is -2.00. The third-order valence-electron chi connectivity index (χ3n) is 3.43. The predicted molar refractivity (Wildman–Crippen MR) is 72.2 cm³/mol. The molecule has 0 aliphatic heterocycles. The van der Waals surface area contributed by atoms with Crippen LogP contribution in [0.2, 0.25) is 0 Å². The Bertz CT molecular complexity index is 549. The molecule has 5 nitrogen and oxygen atoms in total. The van der Waals surface area contributed by atoms with Crippen LogP contribution in [-0.4, -0.2) is 19.1 Å². The molecule has 0 saturated carbocycles. The van der Waals surface area contributed by atoms with Crippen LogP contribution >= 0.6 is 0 Å². The average molecular weight is 263 g/mol. The van der Waals surface area contributed by atoms with Crippen molar-refractivity contribution >= 4 is 6.08 Å². The Labute approximate surface area is 112 Å². The standard InChI is InChI=1S/C14H17NO4/c1-9(15(16)17)7-10-8-13(18-2)14(19-3)12-6-4-5-11(10)12/h7-8H,4-6H2,1-3H3. The molecular formula is C14H17NO4. The van der Waals surface area contributed by atoms with Gasteiger partial charge in [0.05, 0.1) is 19.1 Å². The molecule has 1 aliphatic rings. The summed E-state index contributed by atoms with van der Waals surface area (Å²) in [6.07, 6.45) is 4.49. The molecule has 1 aliphatic carbocycles. The first-order chi connectivity index (χ1) is 9.08. The Morgan fingerprint density at radius 2 is 2.00 bits per heavy atom. The van der Waals surface area contributed by atoms with E-state index in [0.29, 0.717) is 5.75 Å². The van der Waals surface area contributed by atoms with Crippen LogP contribution < -0.4 is 9.47 Å². The van der Waals surface area contributed by atoms with Crippen LogP contribution in [0, 0.1) is 10.1 Å². The van der Waals surface area contributed by atoms with Crippen molar-refractivity contribution in [2.24, 2.45) is 0 Å². The summed E-state index contributed by atoms with van der Waals surface area (Å²) in [5, 5.41) is 10.8. The summed E-state index contributed by atoms with van der Waals surface area (Å²) in [5.41, 5.74) is 3.24. The molecule has 0 aromatic heterocycles. The summed E-state index contributed by atoms with van der Waals surface area (Å²) < 4.78 is 10.7. The Kier molecular flexibility index (Phi) is 3.74. The number of rotatable bonds is 4. The minimum Gasteiger partial charge on any atom is -0.493 e. The highest BCUT2D eigenvalue weighted by Crippen LogP contribution is 2.41. The van der Waals surface area contributed by atoms with Crippen molar-refractivity contribution in [2.75, 3.05) is 14.2 Å². The highest BCUT2D eigenvalue weighted by atomic mass is 16.6. The highest BCUT2D eigenvalue weighted by Gasteiger charge is 2.23. The van der Waals surface area contributed by atoms with E-state index in [0.717, 1.165) is 41.7 Å². The predicted octanol–water partition coefficient (Wildman–Crippen LogP) is 2.83. The van der Waals surface area contributed by atoms with Crippen molar-refractivity contribution in [3.63, 3.8) is 0 Å². The molecule has 0 unspecified atom stereocenters. The molecule has 0 heterocycles. The third-order valence-corrected chi connectivity index (χ3v) is 3.43. The SMILES string of the molecule is COc1cc(C=C(C)[N+](=O)[O-])c2c(c1OC)CCC2. The number of methoxy groups -OCH3 is 2. The Morgan fingerprint density at radius 1 is 1.32 bits per heavy atom. The molecular weight excluding hydrogens is 246 g/mol.